The highest BCUT2D eigenvalue weighted by Gasteiger charge is 2.31. The van der Waals surface area contributed by atoms with Crippen molar-refractivity contribution < 1.29 is 33.9 Å². The summed E-state index contributed by atoms with van der Waals surface area (Å²) in [5.74, 6) is -4.99. The van der Waals surface area contributed by atoms with Crippen LogP contribution in [0.15, 0.2) is 30.5 Å². The molecule has 0 aliphatic carbocycles. The molecule has 0 radical (unpaired) electrons. The smallest absolute Gasteiger partial charge is 0.326 e. The summed E-state index contributed by atoms with van der Waals surface area (Å²) in [5, 5.41) is 17.5. The molecule has 4 atom stereocenters. The van der Waals surface area contributed by atoms with Gasteiger partial charge in [0.15, 0.2) is 0 Å². The van der Waals surface area contributed by atoms with Crippen LogP contribution in [0.25, 0.3) is 10.9 Å². The zero-order valence-corrected chi connectivity index (χ0v) is 22.8. The molecule has 1 aromatic carbocycles. The van der Waals surface area contributed by atoms with Gasteiger partial charge in [-0.15, -0.1) is 0 Å². The van der Waals surface area contributed by atoms with Crippen molar-refractivity contribution in [3.8, 4) is 0 Å². The molecule has 1 heterocycles. The molecule has 1 aromatic heterocycles. The fourth-order valence-corrected chi connectivity index (χ4v) is 4.38. The molecule has 218 valence electrons. The van der Waals surface area contributed by atoms with Crippen molar-refractivity contribution in [1.82, 2.24) is 20.9 Å². The van der Waals surface area contributed by atoms with Gasteiger partial charge < -0.3 is 43.2 Å². The summed E-state index contributed by atoms with van der Waals surface area (Å²) < 4.78 is 0. The van der Waals surface area contributed by atoms with Crippen LogP contribution in [0.2, 0.25) is 0 Å². The van der Waals surface area contributed by atoms with E-state index in [2.05, 4.69) is 20.9 Å². The molecule has 0 aliphatic rings. The number of hydrogen-bond acceptors (Lipinski definition) is 8. The Bertz CT molecular complexity index is 1240. The van der Waals surface area contributed by atoms with Gasteiger partial charge in [0, 0.05) is 23.5 Å². The third kappa shape index (κ3) is 9.89. The van der Waals surface area contributed by atoms with Gasteiger partial charge in [-0.2, -0.15) is 11.8 Å². The summed E-state index contributed by atoms with van der Waals surface area (Å²) in [7, 11) is 0. The van der Waals surface area contributed by atoms with Gasteiger partial charge >= 0.3 is 5.97 Å². The third-order valence-electron chi connectivity index (χ3n) is 6.03. The Morgan fingerprint density at radius 1 is 0.900 bits per heavy atom. The fourth-order valence-electron chi connectivity index (χ4n) is 3.91. The average Bonchev–Trinajstić information content (AvgIpc) is 3.30. The Balaban J connectivity index is 2.12. The molecule has 0 fully saturated rings. The van der Waals surface area contributed by atoms with Gasteiger partial charge in [0.1, 0.15) is 18.1 Å². The van der Waals surface area contributed by atoms with Gasteiger partial charge in [0.05, 0.1) is 12.5 Å². The number of hydrogen-bond donors (Lipinski definition) is 8. The second-order valence-electron chi connectivity index (χ2n) is 9.15. The first-order chi connectivity index (χ1) is 18.9. The number of rotatable bonds is 17. The molecule has 4 unspecified atom stereocenters. The number of amides is 5. The molecule has 0 saturated heterocycles. The maximum absolute atomic E-state index is 13.1. The SMILES string of the molecule is CSCCC(NC(=O)C(CC(N)=O)NC(=O)C(N)Cc1c[nH]c2ccccc12)C(=O)NC(CCC(N)=O)C(=O)O. The van der Waals surface area contributed by atoms with Crippen molar-refractivity contribution in [3.63, 3.8) is 0 Å². The molecule has 0 aliphatic heterocycles. The van der Waals surface area contributed by atoms with Crippen LogP contribution in [-0.2, 0) is 35.2 Å². The van der Waals surface area contributed by atoms with Gasteiger partial charge in [-0.05, 0) is 42.9 Å². The normalized spacial score (nSPS) is 13.9. The summed E-state index contributed by atoms with van der Waals surface area (Å²) in [4.78, 5) is 76.2. The Morgan fingerprint density at radius 2 is 1.52 bits per heavy atom. The predicted molar refractivity (Wildman–Crippen MR) is 149 cm³/mol. The van der Waals surface area contributed by atoms with E-state index in [9.17, 15) is 33.9 Å². The number of benzene rings is 1. The molecule has 0 bridgehead atoms. The zero-order chi connectivity index (χ0) is 29.8. The van der Waals surface area contributed by atoms with E-state index in [0.29, 0.717) is 5.75 Å². The highest BCUT2D eigenvalue weighted by molar-refractivity contribution is 7.98. The minimum atomic E-state index is -1.44. The number of nitrogens with one attached hydrogen (secondary N) is 4. The van der Waals surface area contributed by atoms with Crippen LogP contribution in [-0.4, -0.2) is 81.8 Å². The minimum Gasteiger partial charge on any atom is -0.480 e. The van der Waals surface area contributed by atoms with Crippen LogP contribution in [0.3, 0.4) is 0 Å². The number of aromatic amines is 1. The Labute approximate surface area is 234 Å². The molecule has 40 heavy (non-hydrogen) atoms. The Kier molecular flexibility index (Phi) is 12.4. The first-order valence-corrected chi connectivity index (χ1v) is 13.8. The number of H-pyrrole nitrogens is 1. The minimum absolute atomic E-state index is 0.109. The van der Waals surface area contributed by atoms with Crippen LogP contribution < -0.4 is 33.2 Å². The number of thioether (sulfide) groups is 1. The maximum atomic E-state index is 13.1. The van der Waals surface area contributed by atoms with Gasteiger partial charge in [-0.1, -0.05) is 18.2 Å². The summed E-state index contributed by atoms with van der Waals surface area (Å²) >= 11 is 1.38. The number of carbonyl (C=O) groups is 6. The van der Waals surface area contributed by atoms with Crippen LogP contribution in [0.5, 0.6) is 0 Å². The van der Waals surface area contributed by atoms with E-state index in [0.717, 1.165) is 16.5 Å². The molecule has 14 nitrogen and oxygen atoms in total. The lowest BCUT2D eigenvalue weighted by molar-refractivity contribution is -0.142. The topological polar surface area (TPSA) is 253 Å². The van der Waals surface area contributed by atoms with E-state index in [1.54, 1.807) is 12.5 Å². The Hall–Kier alpha value is -4.11. The molecule has 2 aromatic rings. The predicted octanol–water partition coefficient (Wildman–Crippen LogP) is -1.53. The van der Waals surface area contributed by atoms with Crippen LogP contribution in [0.1, 0.15) is 31.2 Å². The molecule has 15 heteroatoms. The molecule has 0 saturated carbocycles. The number of nitrogens with two attached hydrogens (primary N) is 3. The second kappa shape index (κ2) is 15.5. The monoisotopic (exact) mass is 577 g/mol. The van der Waals surface area contributed by atoms with Gasteiger partial charge in [0.2, 0.25) is 29.5 Å². The van der Waals surface area contributed by atoms with E-state index >= 15 is 0 Å². The number of aliphatic carboxylic acids is 1. The van der Waals surface area contributed by atoms with Gasteiger partial charge in [-0.25, -0.2) is 4.79 Å². The van der Waals surface area contributed by atoms with Crippen molar-refractivity contribution >= 4 is 58.2 Å². The second-order valence-corrected chi connectivity index (χ2v) is 10.1. The number of aromatic nitrogens is 1. The molecular formula is C25H35N7O7S. The zero-order valence-electron chi connectivity index (χ0n) is 22.0. The molecule has 11 N–H and O–H groups in total. The highest BCUT2D eigenvalue weighted by atomic mass is 32.2. The summed E-state index contributed by atoms with van der Waals surface area (Å²) in [6, 6.07) is 2.32. The fraction of sp³-hybridized carbons (Fsp3) is 0.440. The first kappa shape index (κ1) is 32.1. The van der Waals surface area contributed by atoms with Crippen LogP contribution >= 0.6 is 11.8 Å². The number of fused-ring (bicyclic) bond motifs is 1. The first-order valence-electron chi connectivity index (χ1n) is 12.4. The van der Waals surface area contributed by atoms with Crippen LogP contribution in [0, 0.1) is 0 Å². The Morgan fingerprint density at radius 3 is 2.15 bits per heavy atom. The van der Waals surface area contributed by atoms with E-state index in [4.69, 9.17) is 17.2 Å². The van der Waals surface area contributed by atoms with Gasteiger partial charge in [-0.3, -0.25) is 24.0 Å². The number of carboxylic acids is 1. The van der Waals surface area contributed by atoms with Crippen molar-refractivity contribution in [3.05, 3.63) is 36.0 Å². The van der Waals surface area contributed by atoms with Crippen molar-refractivity contribution in [1.29, 1.82) is 0 Å². The standard InChI is InChI=1S/C25H35N7O7S/c1-40-9-8-17(23(36)31-18(25(38)39)6-7-20(27)33)30-24(37)19(11-21(28)34)32-22(35)15(26)10-13-12-29-16-5-3-2-4-14(13)16/h2-5,12,15,17-19,29H,6-11,26H2,1H3,(H2,27,33)(H2,28,34)(H,30,37)(H,31,36)(H,32,35)(H,38,39). The number of para-hydroxylation sites is 1. The van der Waals surface area contributed by atoms with E-state index in [1.165, 1.54) is 11.8 Å². The molecule has 0 spiro atoms. The largest absolute Gasteiger partial charge is 0.480 e. The molecule has 2 rings (SSSR count). The number of primary amides is 2. The number of carboxylic acid groups (broad SMARTS) is 1. The van der Waals surface area contributed by atoms with Crippen molar-refractivity contribution in [2.45, 2.75) is 56.3 Å². The lowest BCUT2D eigenvalue weighted by atomic mass is 10.0. The third-order valence-corrected chi connectivity index (χ3v) is 6.67. The van der Waals surface area contributed by atoms with Crippen molar-refractivity contribution in [2.75, 3.05) is 12.0 Å². The van der Waals surface area contributed by atoms with Crippen LogP contribution in [0.4, 0.5) is 0 Å². The lowest BCUT2D eigenvalue weighted by Gasteiger charge is -2.24. The summed E-state index contributed by atoms with van der Waals surface area (Å²) in [6.07, 6.45) is 2.67. The quantitative estimate of drug-likeness (QED) is 0.108. The highest BCUT2D eigenvalue weighted by Crippen LogP contribution is 2.18. The number of carbonyl (C=O) groups excluding carboxylic acids is 5. The van der Waals surface area contributed by atoms with E-state index in [1.807, 2.05) is 24.3 Å². The summed E-state index contributed by atoms with van der Waals surface area (Å²) in [5.41, 5.74) is 18.1. The van der Waals surface area contributed by atoms with Gasteiger partial charge in [0.25, 0.3) is 0 Å². The maximum Gasteiger partial charge on any atom is 0.326 e. The average molecular weight is 578 g/mol. The van der Waals surface area contributed by atoms with Crippen molar-refractivity contribution in [2.24, 2.45) is 17.2 Å². The summed E-state index contributed by atoms with van der Waals surface area (Å²) in [6.45, 7) is 0. The van der Waals surface area contributed by atoms with E-state index in [-0.39, 0.29) is 25.7 Å². The molecular weight excluding hydrogens is 542 g/mol. The lowest BCUT2D eigenvalue weighted by Crippen LogP contribution is -2.58. The van der Waals surface area contributed by atoms with E-state index < -0.39 is 66.1 Å². The molecule has 5 amide bonds.